The largest absolute Gasteiger partial charge is 0.475 e. The molecule has 0 radical (unpaired) electrons. The van der Waals surface area contributed by atoms with Crippen molar-refractivity contribution in [1.29, 1.82) is 0 Å². The predicted molar refractivity (Wildman–Crippen MR) is 117 cm³/mol. The zero-order valence-electron chi connectivity index (χ0n) is 16.2. The summed E-state index contributed by atoms with van der Waals surface area (Å²) in [6.45, 7) is 4.98. The average molecular weight is 389 g/mol. The van der Waals surface area contributed by atoms with Gasteiger partial charge in [0.25, 0.3) is 0 Å². The number of ether oxygens (including phenoxy) is 1. The molecule has 3 nitrogen and oxygen atoms in total. The molecule has 3 aromatic rings. The Balaban J connectivity index is 1.70. The van der Waals surface area contributed by atoms with Gasteiger partial charge in [-0.25, -0.2) is 4.99 Å². The van der Waals surface area contributed by atoms with Crippen molar-refractivity contribution in [1.82, 2.24) is 0 Å². The number of para-hydroxylation sites is 1. The molecule has 0 saturated heterocycles. The molecule has 1 heterocycles. The average Bonchev–Trinajstić information content (AvgIpc) is 3.24. The van der Waals surface area contributed by atoms with Crippen molar-refractivity contribution in [3.8, 4) is 5.75 Å². The summed E-state index contributed by atoms with van der Waals surface area (Å²) in [5.74, 6) is 1.95. The summed E-state index contributed by atoms with van der Waals surface area (Å²) in [6.07, 6.45) is 0. The lowest BCUT2D eigenvalue weighted by Crippen LogP contribution is -2.16. The molecule has 0 aliphatic carbocycles. The lowest BCUT2D eigenvalue weighted by molar-refractivity contribution is 0.291. The standard InChI is InChI=1S/C24H24NO2P/c1-18(2)22-17-26-24(25-22)21-15-9-10-16-23(21)27-28(19-11-5-3-6-12-19)20-13-7-4-8-14-20/h3-16,18,22H,17H2,1-2H3/t22-/m1/s1. The van der Waals surface area contributed by atoms with Crippen LogP contribution in [0.2, 0.25) is 0 Å². The topological polar surface area (TPSA) is 30.8 Å². The lowest BCUT2D eigenvalue weighted by atomic mass is 10.1. The van der Waals surface area contributed by atoms with Crippen LogP contribution >= 0.6 is 8.15 Å². The van der Waals surface area contributed by atoms with Crippen LogP contribution in [0.1, 0.15) is 19.4 Å². The second kappa shape index (κ2) is 8.58. The van der Waals surface area contributed by atoms with Crippen molar-refractivity contribution in [2.45, 2.75) is 19.9 Å². The van der Waals surface area contributed by atoms with Crippen molar-refractivity contribution in [2.75, 3.05) is 6.61 Å². The second-order valence-corrected chi connectivity index (χ2v) is 8.91. The van der Waals surface area contributed by atoms with Gasteiger partial charge in [0, 0.05) is 10.6 Å². The van der Waals surface area contributed by atoms with Gasteiger partial charge in [-0.3, -0.25) is 0 Å². The van der Waals surface area contributed by atoms with E-state index < -0.39 is 8.15 Å². The first-order chi connectivity index (χ1) is 13.7. The zero-order valence-corrected chi connectivity index (χ0v) is 17.1. The minimum Gasteiger partial charge on any atom is -0.475 e. The number of aliphatic imine (C=N–C) groups is 1. The Labute approximate surface area is 167 Å². The van der Waals surface area contributed by atoms with Crippen LogP contribution in [-0.2, 0) is 4.74 Å². The van der Waals surface area contributed by atoms with Gasteiger partial charge in [-0.1, -0.05) is 86.6 Å². The monoisotopic (exact) mass is 389 g/mol. The minimum atomic E-state index is -0.992. The van der Waals surface area contributed by atoms with Crippen LogP contribution in [0.25, 0.3) is 0 Å². The Hall–Kier alpha value is -2.64. The van der Waals surface area contributed by atoms with Gasteiger partial charge in [0.1, 0.15) is 12.4 Å². The van der Waals surface area contributed by atoms with Crippen LogP contribution in [0, 0.1) is 5.92 Å². The quantitative estimate of drug-likeness (QED) is 0.561. The number of hydrogen-bond donors (Lipinski definition) is 0. The van der Waals surface area contributed by atoms with E-state index in [-0.39, 0.29) is 6.04 Å². The fourth-order valence-electron chi connectivity index (χ4n) is 3.08. The fourth-order valence-corrected chi connectivity index (χ4v) is 4.83. The molecule has 3 aromatic carbocycles. The SMILES string of the molecule is CC(C)[C@H]1COC(c2ccccc2OP(c2ccccc2)c2ccccc2)=N1. The maximum Gasteiger partial charge on any atom is 0.220 e. The molecule has 142 valence electrons. The van der Waals surface area contributed by atoms with Gasteiger partial charge in [0.05, 0.1) is 11.6 Å². The molecular formula is C24H24NO2P. The molecular weight excluding hydrogens is 365 g/mol. The third kappa shape index (κ3) is 4.10. The highest BCUT2D eigenvalue weighted by molar-refractivity contribution is 7.68. The molecule has 0 spiro atoms. The summed E-state index contributed by atoms with van der Waals surface area (Å²) in [4.78, 5) is 4.79. The molecule has 0 unspecified atom stereocenters. The van der Waals surface area contributed by atoms with Crippen molar-refractivity contribution in [3.63, 3.8) is 0 Å². The summed E-state index contributed by atoms with van der Waals surface area (Å²) in [5, 5.41) is 2.35. The van der Waals surface area contributed by atoms with Crippen molar-refractivity contribution in [3.05, 3.63) is 90.5 Å². The Kier molecular flexibility index (Phi) is 5.73. The van der Waals surface area contributed by atoms with E-state index in [0.717, 1.165) is 11.3 Å². The van der Waals surface area contributed by atoms with E-state index in [1.165, 1.54) is 10.6 Å². The summed E-state index contributed by atoms with van der Waals surface area (Å²) in [6, 6.07) is 29.0. The maximum atomic E-state index is 6.63. The third-order valence-electron chi connectivity index (χ3n) is 4.73. The maximum absolute atomic E-state index is 6.63. The third-order valence-corrected chi connectivity index (χ3v) is 6.65. The van der Waals surface area contributed by atoms with Crippen molar-refractivity contribution in [2.24, 2.45) is 10.9 Å². The molecule has 0 amide bonds. The van der Waals surface area contributed by atoms with Crippen LogP contribution in [0.15, 0.2) is 89.9 Å². The first-order valence-electron chi connectivity index (χ1n) is 9.60. The first kappa shape index (κ1) is 18.7. The van der Waals surface area contributed by atoms with Gasteiger partial charge in [0.15, 0.2) is 8.15 Å². The van der Waals surface area contributed by atoms with Crippen LogP contribution < -0.4 is 15.1 Å². The Bertz CT molecular complexity index is 902. The number of rotatable bonds is 6. The number of nitrogens with zero attached hydrogens (tertiary/aromatic N) is 1. The smallest absolute Gasteiger partial charge is 0.220 e. The summed E-state index contributed by atoms with van der Waals surface area (Å²) >= 11 is 0. The molecule has 28 heavy (non-hydrogen) atoms. The second-order valence-electron chi connectivity index (χ2n) is 7.11. The first-order valence-corrected chi connectivity index (χ1v) is 10.9. The van der Waals surface area contributed by atoms with Crippen LogP contribution in [0.5, 0.6) is 5.75 Å². The zero-order chi connectivity index (χ0) is 19.3. The molecule has 1 aliphatic heterocycles. The molecule has 0 fully saturated rings. The van der Waals surface area contributed by atoms with E-state index in [2.05, 4.69) is 62.4 Å². The molecule has 0 N–H and O–H groups in total. The molecule has 0 aromatic heterocycles. The molecule has 0 bridgehead atoms. The minimum absolute atomic E-state index is 0.202. The Morgan fingerprint density at radius 3 is 2.00 bits per heavy atom. The van der Waals surface area contributed by atoms with Crippen LogP contribution in [0.3, 0.4) is 0 Å². The van der Waals surface area contributed by atoms with Gasteiger partial charge in [0.2, 0.25) is 5.90 Å². The van der Waals surface area contributed by atoms with E-state index in [9.17, 15) is 0 Å². The van der Waals surface area contributed by atoms with Crippen molar-refractivity contribution < 1.29 is 9.26 Å². The van der Waals surface area contributed by atoms with E-state index in [0.29, 0.717) is 18.4 Å². The van der Waals surface area contributed by atoms with Crippen molar-refractivity contribution >= 4 is 24.7 Å². The Morgan fingerprint density at radius 2 is 1.43 bits per heavy atom. The summed E-state index contributed by atoms with van der Waals surface area (Å²) in [7, 11) is -0.992. The lowest BCUT2D eigenvalue weighted by Gasteiger charge is -2.21. The highest BCUT2D eigenvalue weighted by Crippen LogP contribution is 2.38. The van der Waals surface area contributed by atoms with E-state index in [4.69, 9.17) is 14.3 Å². The predicted octanol–water partition coefficient (Wildman–Crippen LogP) is 4.91. The van der Waals surface area contributed by atoms with E-state index in [1.807, 2.05) is 36.4 Å². The molecule has 1 aliphatic rings. The number of hydrogen-bond acceptors (Lipinski definition) is 3. The van der Waals surface area contributed by atoms with Gasteiger partial charge in [-0.05, 0) is 18.1 Å². The molecule has 0 saturated carbocycles. The van der Waals surface area contributed by atoms with Crippen LogP contribution in [-0.4, -0.2) is 18.5 Å². The fraction of sp³-hybridized carbons (Fsp3) is 0.208. The molecule has 1 atom stereocenters. The van der Waals surface area contributed by atoms with E-state index >= 15 is 0 Å². The highest BCUT2D eigenvalue weighted by atomic mass is 31.1. The number of benzene rings is 3. The van der Waals surface area contributed by atoms with E-state index in [1.54, 1.807) is 0 Å². The normalized spacial score (nSPS) is 16.1. The van der Waals surface area contributed by atoms with Gasteiger partial charge >= 0.3 is 0 Å². The van der Waals surface area contributed by atoms with Gasteiger partial charge in [-0.15, -0.1) is 0 Å². The molecule has 4 heteroatoms. The van der Waals surface area contributed by atoms with Gasteiger partial charge < -0.3 is 9.26 Å². The molecule has 4 rings (SSSR count). The van der Waals surface area contributed by atoms with Gasteiger partial charge in [-0.2, -0.15) is 0 Å². The Morgan fingerprint density at radius 1 is 0.857 bits per heavy atom. The van der Waals surface area contributed by atoms with Crippen LogP contribution in [0.4, 0.5) is 0 Å². The summed E-state index contributed by atoms with van der Waals surface area (Å²) in [5.41, 5.74) is 0.921. The summed E-state index contributed by atoms with van der Waals surface area (Å²) < 4.78 is 12.6. The highest BCUT2D eigenvalue weighted by Gasteiger charge is 2.26.